The number of anilines is 2. The van der Waals surface area contributed by atoms with Crippen molar-refractivity contribution >= 4 is 28.2 Å². The van der Waals surface area contributed by atoms with Crippen molar-refractivity contribution in [2.45, 2.75) is 13.8 Å². The molecule has 0 aliphatic carbocycles. The minimum Gasteiger partial charge on any atom is -0.369 e. The molecule has 0 radical (unpaired) electrons. The summed E-state index contributed by atoms with van der Waals surface area (Å²) in [7, 11) is 0. The molecule has 0 unspecified atom stereocenters. The standard InChI is InChI=1S/C23H26N4O/c1-17-6-3-10-22(18(17)2)27-14-12-26(13-15-27)16-23(28)25-21-9-4-8-20-19(21)7-5-11-24-20/h3-11H,12-16H2,1-2H3,(H,25,28). The van der Waals surface area contributed by atoms with Crippen LogP contribution in [0.25, 0.3) is 10.9 Å². The number of aryl methyl sites for hydroxylation is 1. The van der Waals surface area contributed by atoms with E-state index in [0.717, 1.165) is 42.8 Å². The Morgan fingerprint density at radius 3 is 2.61 bits per heavy atom. The van der Waals surface area contributed by atoms with Crippen molar-refractivity contribution in [3.63, 3.8) is 0 Å². The minimum absolute atomic E-state index is 0.0246. The first-order valence-electron chi connectivity index (χ1n) is 9.79. The largest absolute Gasteiger partial charge is 0.369 e. The number of nitrogens with one attached hydrogen (secondary N) is 1. The molecule has 1 aliphatic rings. The number of carbonyl (C=O) groups is 1. The zero-order chi connectivity index (χ0) is 19.5. The Morgan fingerprint density at radius 2 is 1.79 bits per heavy atom. The molecule has 0 spiro atoms. The third-order valence-electron chi connectivity index (χ3n) is 5.58. The Bertz CT molecular complexity index is 988. The molecule has 0 bridgehead atoms. The van der Waals surface area contributed by atoms with Gasteiger partial charge in [0.15, 0.2) is 0 Å². The zero-order valence-electron chi connectivity index (χ0n) is 16.5. The van der Waals surface area contributed by atoms with E-state index < -0.39 is 0 Å². The molecule has 2 aromatic carbocycles. The Hall–Kier alpha value is -2.92. The average Bonchev–Trinajstić information content (AvgIpc) is 2.71. The Labute approximate surface area is 166 Å². The van der Waals surface area contributed by atoms with Gasteiger partial charge in [-0.15, -0.1) is 0 Å². The van der Waals surface area contributed by atoms with Crippen LogP contribution in [0, 0.1) is 13.8 Å². The van der Waals surface area contributed by atoms with Crippen LogP contribution < -0.4 is 10.2 Å². The topological polar surface area (TPSA) is 48.5 Å². The molecule has 1 amide bonds. The number of fused-ring (bicyclic) bond motifs is 1. The highest BCUT2D eigenvalue weighted by Gasteiger charge is 2.20. The number of benzene rings is 2. The third-order valence-corrected chi connectivity index (χ3v) is 5.58. The molecule has 1 N–H and O–H groups in total. The number of rotatable bonds is 4. The first kappa shape index (κ1) is 18.4. The number of amides is 1. The van der Waals surface area contributed by atoms with E-state index >= 15 is 0 Å². The van der Waals surface area contributed by atoms with Gasteiger partial charge in [0.05, 0.1) is 17.7 Å². The molecule has 1 fully saturated rings. The predicted octanol–water partition coefficient (Wildman–Crippen LogP) is 3.61. The van der Waals surface area contributed by atoms with Crippen molar-refractivity contribution in [2.24, 2.45) is 0 Å². The molecule has 144 valence electrons. The molecule has 1 aromatic heterocycles. The Kier molecular flexibility index (Phi) is 5.26. The van der Waals surface area contributed by atoms with E-state index in [1.54, 1.807) is 6.20 Å². The molecule has 1 saturated heterocycles. The second kappa shape index (κ2) is 7.98. The van der Waals surface area contributed by atoms with E-state index in [-0.39, 0.29) is 5.91 Å². The lowest BCUT2D eigenvalue weighted by Gasteiger charge is -2.36. The summed E-state index contributed by atoms with van der Waals surface area (Å²) in [5, 5.41) is 4.03. The lowest BCUT2D eigenvalue weighted by Crippen LogP contribution is -2.48. The van der Waals surface area contributed by atoms with Gasteiger partial charge in [-0.05, 0) is 55.3 Å². The molecular formula is C23H26N4O. The molecule has 0 saturated carbocycles. The SMILES string of the molecule is Cc1cccc(N2CCN(CC(=O)Nc3cccc4ncccc34)CC2)c1C. The van der Waals surface area contributed by atoms with Gasteiger partial charge in [-0.25, -0.2) is 0 Å². The highest BCUT2D eigenvalue weighted by molar-refractivity contribution is 6.01. The van der Waals surface area contributed by atoms with E-state index in [1.165, 1.54) is 16.8 Å². The van der Waals surface area contributed by atoms with E-state index in [2.05, 4.69) is 52.1 Å². The highest BCUT2D eigenvalue weighted by Crippen LogP contribution is 2.24. The summed E-state index contributed by atoms with van der Waals surface area (Å²) in [5.41, 5.74) is 5.70. The summed E-state index contributed by atoms with van der Waals surface area (Å²) in [6.45, 7) is 8.41. The second-order valence-electron chi connectivity index (χ2n) is 7.41. The number of hydrogen-bond acceptors (Lipinski definition) is 4. The van der Waals surface area contributed by atoms with Crippen LogP contribution >= 0.6 is 0 Å². The fourth-order valence-electron chi connectivity index (χ4n) is 3.83. The summed E-state index contributed by atoms with van der Waals surface area (Å²) in [6.07, 6.45) is 1.77. The van der Waals surface area contributed by atoms with Gasteiger partial charge in [0.2, 0.25) is 5.91 Å². The molecule has 28 heavy (non-hydrogen) atoms. The quantitative estimate of drug-likeness (QED) is 0.758. The number of carbonyl (C=O) groups excluding carboxylic acids is 1. The van der Waals surface area contributed by atoms with Crippen molar-refractivity contribution in [1.82, 2.24) is 9.88 Å². The maximum Gasteiger partial charge on any atom is 0.238 e. The van der Waals surface area contributed by atoms with Gasteiger partial charge in [0.1, 0.15) is 0 Å². The number of piperazine rings is 1. The van der Waals surface area contributed by atoms with Crippen molar-refractivity contribution in [2.75, 3.05) is 42.9 Å². The number of aromatic nitrogens is 1. The van der Waals surface area contributed by atoms with Gasteiger partial charge in [-0.3, -0.25) is 14.7 Å². The Balaban J connectivity index is 1.36. The van der Waals surface area contributed by atoms with Crippen LogP contribution in [0.5, 0.6) is 0 Å². The zero-order valence-corrected chi connectivity index (χ0v) is 16.5. The first-order chi connectivity index (χ1) is 13.6. The van der Waals surface area contributed by atoms with Crippen LogP contribution in [0.15, 0.2) is 54.7 Å². The monoisotopic (exact) mass is 374 g/mol. The van der Waals surface area contributed by atoms with E-state index in [0.29, 0.717) is 6.54 Å². The summed E-state index contributed by atoms with van der Waals surface area (Å²) in [4.78, 5) is 21.6. The van der Waals surface area contributed by atoms with Crippen LogP contribution in [0.2, 0.25) is 0 Å². The molecule has 3 aromatic rings. The molecule has 5 heteroatoms. The number of nitrogens with zero attached hydrogens (tertiary/aromatic N) is 3. The van der Waals surface area contributed by atoms with Crippen LogP contribution in [0.1, 0.15) is 11.1 Å². The van der Waals surface area contributed by atoms with Gasteiger partial charge in [-0.1, -0.05) is 18.2 Å². The van der Waals surface area contributed by atoms with Crippen molar-refractivity contribution in [1.29, 1.82) is 0 Å². The predicted molar refractivity (Wildman–Crippen MR) is 115 cm³/mol. The average molecular weight is 374 g/mol. The minimum atomic E-state index is 0.0246. The van der Waals surface area contributed by atoms with E-state index in [1.807, 2.05) is 30.3 Å². The van der Waals surface area contributed by atoms with Crippen LogP contribution in [-0.2, 0) is 4.79 Å². The molecule has 0 atom stereocenters. The first-order valence-corrected chi connectivity index (χ1v) is 9.79. The van der Waals surface area contributed by atoms with E-state index in [9.17, 15) is 4.79 Å². The molecule has 2 heterocycles. The molecular weight excluding hydrogens is 348 g/mol. The van der Waals surface area contributed by atoms with Gasteiger partial charge < -0.3 is 10.2 Å². The highest BCUT2D eigenvalue weighted by atomic mass is 16.2. The molecule has 1 aliphatic heterocycles. The van der Waals surface area contributed by atoms with Crippen LogP contribution in [-0.4, -0.2) is 48.5 Å². The summed E-state index contributed by atoms with van der Waals surface area (Å²) >= 11 is 0. The molecule has 5 nitrogen and oxygen atoms in total. The lowest BCUT2D eigenvalue weighted by molar-refractivity contribution is -0.117. The normalized spacial score (nSPS) is 15.0. The maximum atomic E-state index is 12.6. The second-order valence-corrected chi connectivity index (χ2v) is 7.41. The number of hydrogen-bond donors (Lipinski definition) is 1. The van der Waals surface area contributed by atoms with E-state index in [4.69, 9.17) is 0 Å². The Morgan fingerprint density at radius 1 is 1.00 bits per heavy atom. The summed E-state index contributed by atoms with van der Waals surface area (Å²) in [5.74, 6) is 0.0246. The van der Waals surface area contributed by atoms with Gasteiger partial charge >= 0.3 is 0 Å². The summed E-state index contributed by atoms with van der Waals surface area (Å²) < 4.78 is 0. The maximum absolute atomic E-state index is 12.6. The number of pyridine rings is 1. The molecule has 4 rings (SSSR count). The fraction of sp³-hybridized carbons (Fsp3) is 0.304. The smallest absolute Gasteiger partial charge is 0.238 e. The third kappa shape index (κ3) is 3.85. The lowest BCUT2D eigenvalue weighted by atomic mass is 10.1. The van der Waals surface area contributed by atoms with Gasteiger partial charge in [-0.2, -0.15) is 0 Å². The fourth-order valence-corrected chi connectivity index (χ4v) is 3.83. The van der Waals surface area contributed by atoms with Crippen LogP contribution in [0.3, 0.4) is 0 Å². The van der Waals surface area contributed by atoms with Gasteiger partial charge in [0, 0.05) is 43.4 Å². The van der Waals surface area contributed by atoms with Crippen LogP contribution in [0.4, 0.5) is 11.4 Å². The van der Waals surface area contributed by atoms with Gasteiger partial charge in [0.25, 0.3) is 0 Å². The van der Waals surface area contributed by atoms with Crippen molar-refractivity contribution < 1.29 is 4.79 Å². The van der Waals surface area contributed by atoms with Crippen molar-refractivity contribution in [3.05, 3.63) is 65.9 Å². The van der Waals surface area contributed by atoms with Crippen molar-refractivity contribution in [3.8, 4) is 0 Å². The summed E-state index contributed by atoms with van der Waals surface area (Å²) in [6, 6.07) is 16.2.